The van der Waals surface area contributed by atoms with E-state index < -0.39 is 0 Å². The second-order valence-corrected chi connectivity index (χ2v) is 7.57. The zero-order valence-corrected chi connectivity index (χ0v) is 18.7. The molecule has 0 atom stereocenters. The van der Waals surface area contributed by atoms with Crippen molar-refractivity contribution in [2.75, 3.05) is 25.0 Å². The van der Waals surface area contributed by atoms with Gasteiger partial charge in [-0.3, -0.25) is 4.79 Å². The van der Waals surface area contributed by atoms with Crippen LogP contribution in [0.2, 0.25) is 0 Å². The molecule has 2 aromatic rings. The second-order valence-electron chi connectivity index (χ2n) is 7.57. The van der Waals surface area contributed by atoms with Gasteiger partial charge in [0.25, 0.3) is 0 Å². The predicted molar refractivity (Wildman–Crippen MR) is 122 cm³/mol. The highest BCUT2D eigenvalue weighted by Gasteiger charge is 2.15. The third-order valence-electron chi connectivity index (χ3n) is 5.35. The minimum atomic E-state index is 0.0673. The van der Waals surface area contributed by atoms with Crippen molar-refractivity contribution < 1.29 is 14.1 Å². The van der Waals surface area contributed by atoms with E-state index in [4.69, 9.17) is 9.26 Å². The molecular weight excluding hydrogens is 394 g/mol. The molecule has 0 spiro atoms. The average Bonchev–Trinajstić information content (AvgIpc) is 3.24. The van der Waals surface area contributed by atoms with Crippen LogP contribution in [0.5, 0.6) is 5.75 Å². The number of hydrogen-bond acceptors (Lipinski definition) is 5. The van der Waals surface area contributed by atoms with Crippen LogP contribution in [0.25, 0.3) is 0 Å². The van der Waals surface area contributed by atoms with Crippen LogP contribution in [-0.2, 0) is 17.8 Å². The van der Waals surface area contributed by atoms with E-state index in [0.717, 1.165) is 54.3 Å². The van der Waals surface area contributed by atoms with Gasteiger partial charge >= 0.3 is 0 Å². The van der Waals surface area contributed by atoms with Gasteiger partial charge in [0.2, 0.25) is 5.91 Å². The van der Waals surface area contributed by atoms with Gasteiger partial charge in [-0.05, 0) is 49.9 Å². The first-order chi connectivity index (χ1) is 15.1. The van der Waals surface area contributed by atoms with E-state index in [2.05, 4.69) is 39.9 Å². The summed E-state index contributed by atoms with van der Waals surface area (Å²) in [4.78, 5) is 16.0. The summed E-state index contributed by atoms with van der Waals surface area (Å²) in [6, 6.07) is 7.78. The molecule has 0 radical (unpaired) electrons. The Labute approximate surface area is 183 Å². The standard InChI is InChI=1S/C23H33N5O3/c1-4-16(5-2)21-14-19(31-28-21)15-26-23(24-6-3)25-11-12-30-18-8-9-20-17(13-18)7-10-22(29)27-20/h8-9,13-14,16H,4-7,10-12,15H2,1-3H3,(H,27,29)(H2,24,25,26). The number of carbonyl (C=O) groups excluding carboxylic acids is 1. The summed E-state index contributed by atoms with van der Waals surface area (Å²) in [6.45, 7) is 8.65. The number of ether oxygens (including phenoxy) is 1. The van der Waals surface area contributed by atoms with Gasteiger partial charge in [-0.2, -0.15) is 0 Å². The number of fused-ring (bicyclic) bond motifs is 1. The van der Waals surface area contributed by atoms with Crippen LogP contribution in [0.4, 0.5) is 5.69 Å². The number of carbonyl (C=O) groups is 1. The number of guanidine groups is 1. The van der Waals surface area contributed by atoms with Crippen LogP contribution in [0.3, 0.4) is 0 Å². The first kappa shape index (κ1) is 22.7. The first-order valence-corrected chi connectivity index (χ1v) is 11.2. The second kappa shape index (κ2) is 11.4. The number of hydrogen-bond donors (Lipinski definition) is 3. The van der Waals surface area contributed by atoms with Crippen LogP contribution in [0.1, 0.15) is 63.0 Å². The first-order valence-electron chi connectivity index (χ1n) is 11.2. The number of nitrogens with one attached hydrogen (secondary N) is 3. The topological polar surface area (TPSA) is 101 Å². The van der Waals surface area contributed by atoms with Crippen molar-refractivity contribution >= 4 is 17.6 Å². The Bertz CT molecular complexity index is 889. The van der Waals surface area contributed by atoms with E-state index in [1.54, 1.807) is 0 Å². The van der Waals surface area contributed by atoms with Crippen LogP contribution in [-0.4, -0.2) is 36.7 Å². The number of aliphatic imine (C=N–C) groups is 1. The van der Waals surface area contributed by atoms with E-state index in [-0.39, 0.29) is 5.91 Å². The number of nitrogens with zero attached hydrogens (tertiary/aromatic N) is 2. The van der Waals surface area contributed by atoms with Crippen molar-refractivity contribution in [2.24, 2.45) is 4.99 Å². The molecule has 1 aromatic carbocycles. The van der Waals surface area contributed by atoms with E-state index in [1.165, 1.54) is 0 Å². The van der Waals surface area contributed by atoms with E-state index in [9.17, 15) is 4.79 Å². The molecule has 1 amide bonds. The molecule has 1 aliphatic rings. The monoisotopic (exact) mass is 427 g/mol. The fraction of sp³-hybridized carbons (Fsp3) is 0.522. The SMILES string of the molecule is CCNC(=NCc1cc(C(CC)CC)no1)NCCOc1ccc2c(c1)CCC(=O)N2. The highest BCUT2D eigenvalue weighted by molar-refractivity contribution is 5.94. The lowest BCUT2D eigenvalue weighted by Gasteiger charge is -2.18. The molecule has 2 heterocycles. The average molecular weight is 428 g/mol. The lowest BCUT2D eigenvalue weighted by molar-refractivity contribution is -0.116. The zero-order chi connectivity index (χ0) is 22.1. The van der Waals surface area contributed by atoms with E-state index in [0.29, 0.717) is 38.0 Å². The number of benzene rings is 1. The van der Waals surface area contributed by atoms with Crippen molar-refractivity contribution in [3.63, 3.8) is 0 Å². The lowest BCUT2D eigenvalue weighted by Crippen LogP contribution is -2.39. The minimum Gasteiger partial charge on any atom is -0.492 e. The maximum atomic E-state index is 11.5. The highest BCUT2D eigenvalue weighted by Crippen LogP contribution is 2.26. The van der Waals surface area contributed by atoms with Gasteiger partial charge in [0.05, 0.1) is 12.2 Å². The Morgan fingerprint density at radius 2 is 2.06 bits per heavy atom. The van der Waals surface area contributed by atoms with Crippen LogP contribution in [0, 0.1) is 0 Å². The summed E-state index contributed by atoms with van der Waals surface area (Å²) < 4.78 is 11.3. The maximum absolute atomic E-state index is 11.5. The quantitative estimate of drug-likeness (QED) is 0.304. The Hall–Kier alpha value is -3.03. The van der Waals surface area contributed by atoms with Crippen molar-refractivity contribution in [2.45, 2.75) is 58.9 Å². The summed E-state index contributed by atoms with van der Waals surface area (Å²) in [5.74, 6) is 2.77. The zero-order valence-electron chi connectivity index (χ0n) is 18.7. The number of aromatic nitrogens is 1. The smallest absolute Gasteiger partial charge is 0.224 e. The summed E-state index contributed by atoms with van der Waals surface area (Å²) >= 11 is 0. The Balaban J connectivity index is 1.47. The molecule has 0 bridgehead atoms. The van der Waals surface area contributed by atoms with E-state index >= 15 is 0 Å². The summed E-state index contributed by atoms with van der Waals surface area (Å²) in [5.41, 5.74) is 2.99. The molecule has 8 heteroatoms. The summed E-state index contributed by atoms with van der Waals surface area (Å²) in [6.07, 6.45) is 3.36. The normalized spacial score (nSPS) is 13.7. The molecule has 3 N–H and O–H groups in total. The molecule has 168 valence electrons. The molecule has 0 saturated heterocycles. The number of rotatable bonds is 10. The lowest BCUT2D eigenvalue weighted by atomic mass is 9.99. The molecule has 31 heavy (non-hydrogen) atoms. The molecule has 3 rings (SSSR count). The molecular formula is C23H33N5O3. The van der Waals surface area contributed by atoms with Gasteiger partial charge < -0.3 is 25.2 Å². The third-order valence-corrected chi connectivity index (χ3v) is 5.35. The van der Waals surface area contributed by atoms with Gasteiger partial charge in [0.1, 0.15) is 18.9 Å². The van der Waals surface area contributed by atoms with Gasteiger partial charge in [-0.15, -0.1) is 0 Å². The van der Waals surface area contributed by atoms with E-state index in [1.807, 2.05) is 31.2 Å². The fourth-order valence-corrected chi connectivity index (χ4v) is 3.59. The molecule has 0 aliphatic carbocycles. The Morgan fingerprint density at radius 1 is 1.23 bits per heavy atom. The van der Waals surface area contributed by atoms with Crippen LogP contribution < -0.4 is 20.7 Å². The van der Waals surface area contributed by atoms with Crippen molar-refractivity contribution in [3.05, 3.63) is 41.3 Å². The van der Waals surface area contributed by atoms with Gasteiger partial charge in [-0.1, -0.05) is 19.0 Å². The Kier molecular flexibility index (Phi) is 8.32. The highest BCUT2D eigenvalue weighted by atomic mass is 16.5. The summed E-state index contributed by atoms with van der Waals surface area (Å²) in [5, 5.41) is 13.6. The molecule has 0 unspecified atom stereocenters. The third kappa shape index (κ3) is 6.47. The molecule has 0 saturated carbocycles. The van der Waals surface area contributed by atoms with Gasteiger partial charge in [0.15, 0.2) is 11.7 Å². The van der Waals surface area contributed by atoms with Gasteiger partial charge in [-0.25, -0.2) is 4.99 Å². The molecule has 1 aromatic heterocycles. The predicted octanol–water partition coefficient (Wildman–Crippen LogP) is 3.60. The fourth-order valence-electron chi connectivity index (χ4n) is 3.59. The summed E-state index contributed by atoms with van der Waals surface area (Å²) in [7, 11) is 0. The van der Waals surface area contributed by atoms with Crippen LogP contribution in [0.15, 0.2) is 33.8 Å². The number of aryl methyl sites for hydroxylation is 1. The molecule has 8 nitrogen and oxygen atoms in total. The number of anilines is 1. The Morgan fingerprint density at radius 3 is 2.84 bits per heavy atom. The maximum Gasteiger partial charge on any atom is 0.224 e. The molecule has 0 fully saturated rings. The van der Waals surface area contributed by atoms with Crippen molar-refractivity contribution in [1.29, 1.82) is 0 Å². The minimum absolute atomic E-state index is 0.0673. The number of amides is 1. The van der Waals surface area contributed by atoms with Gasteiger partial charge in [0, 0.05) is 30.6 Å². The largest absolute Gasteiger partial charge is 0.492 e. The molecule has 1 aliphatic heterocycles. The van der Waals surface area contributed by atoms with Crippen molar-refractivity contribution in [1.82, 2.24) is 15.8 Å². The van der Waals surface area contributed by atoms with Crippen molar-refractivity contribution in [3.8, 4) is 5.75 Å². The van der Waals surface area contributed by atoms with Crippen LogP contribution >= 0.6 is 0 Å².